The van der Waals surface area contributed by atoms with Gasteiger partial charge in [-0.05, 0) is 13.8 Å². The highest BCUT2D eigenvalue weighted by Gasteiger charge is 2.55. The fraction of sp³-hybridized carbons (Fsp3) is 0.600. The summed E-state index contributed by atoms with van der Waals surface area (Å²) in [6, 6.07) is 1.44. The molecule has 132 valence electrons. The van der Waals surface area contributed by atoms with Crippen LogP contribution in [-0.2, 0) is 14.2 Å². The largest absolute Gasteiger partial charge is 0.503 e. The van der Waals surface area contributed by atoms with E-state index >= 15 is 0 Å². The topological polar surface area (TPSA) is 119 Å². The first-order chi connectivity index (χ1) is 11.4. The molecule has 1 aromatic heterocycles. The van der Waals surface area contributed by atoms with Gasteiger partial charge in [-0.25, -0.2) is 4.98 Å². The monoisotopic (exact) mass is 340 g/mol. The van der Waals surface area contributed by atoms with Crippen LogP contribution in [0.2, 0.25) is 0 Å². The lowest BCUT2D eigenvalue weighted by atomic mass is 10.1. The zero-order valence-corrected chi connectivity index (χ0v) is 13.6. The summed E-state index contributed by atoms with van der Waals surface area (Å²) in [6.07, 6.45) is -1.18. The minimum Gasteiger partial charge on any atom is -0.503 e. The van der Waals surface area contributed by atoms with Crippen molar-refractivity contribution in [2.24, 2.45) is 0 Å². The second-order valence-electron chi connectivity index (χ2n) is 6.03. The van der Waals surface area contributed by atoms with Crippen molar-refractivity contribution in [3.8, 4) is 11.5 Å². The number of fused-ring (bicyclic) bond motifs is 1. The van der Waals surface area contributed by atoms with Crippen LogP contribution in [0.3, 0.4) is 0 Å². The maximum Gasteiger partial charge on any atom is 0.275 e. The number of aromatic hydroxyl groups is 1. The Bertz CT molecular complexity index is 636. The maximum atomic E-state index is 12.4. The molecule has 1 amide bonds. The minimum atomic E-state index is -0.841. The molecule has 3 heterocycles. The number of nitrogens with one attached hydrogen (secondary N) is 1. The van der Waals surface area contributed by atoms with Crippen LogP contribution in [0.15, 0.2) is 12.3 Å². The van der Waals surface area contributed by atoms with Crippen LogP contribution < -0.4 is 10.1 Å². The number of ether oxygens (including phenoxy) is 4. The second-order valence-corrected chi connectivity index (χ2v) is 6.03. The number of methoxy groups -OCH3 is 1. The zero-order chi connectivity index (χ0) is 17.5. The van der Waals surface area contributed by atoms with Crippen molar-refractivity contribution in [1.29, 1.82) is 0 Å². The number of hydrogen-bond acceptors (Lipinski definition) is 8. The quantitative estimate of drug-likeness (QED) is 0.687. The average molecular weight is 340 g/mol. The molecule has 2 fully saturated rings. The Balaban J connectivity index is 1.77. The molecule has 3 N–H and O–H groups in total. The van der Waals surface area contributed by atoms with E-state index in [0.717, 1.165) is 0 Å². The number of aliphatic hydroxyl groups is 1. The third kappa shape index (κ3) is 2.91. The molecular weight excluding hydrogens is 320 g/mol. The summed E-state index contributed by atoms with van der Waals surface area (Å²) < 4.78 is 22.0. The molecule has 0 saturated carbocycles. The molecule has 3 rings (SSSR count). The molecule has 1 aromatic rings. The predicted octanol–water partition coefficient (Wildman–Crippen LogP) is -0.237. The Morgan fingerprint density at radius 2 is 2.12 bits per heavy atom. The average Bonchev–Trinajstić information content (AvgIpc) is 3.01. The van der Waals surface area contributed by atoms with Crippen LogP contribution in [0.5, 0.6) is 11.5 Å². The standard InChI is InChI=1S/C15H20N2O7/c1-15(2)23-11-8(6-18)22-14(12(11)24-15)17-13(20)9-10(19)7(21-3)4-5-16-9/h4-5,8,11-12,14,18-19H,6H2,1-3H3,(H,17,20)/t8-,11-,12-,14?/m1/s1. The molecular formula is C15H20N2O7. The van der Waals surface area contributed by atoms with Gasteiger partial charge < -0.3 is 34.5 Å². The molecule has 4 atom stereocenters. The van der Waals surface area contributed by atoms with E-state index in [1.807, 2.05) is 0 Å². The number of carbonyl (C=O) groups excluding carboxylic acids is 1. The normalized spacial score (nSPS) is 30.8. The van der Waals surface area contributed by atoms with E-state index < -0.39 is 36.2 Å². The molecule has 9 heteroatoms. The van der Waals surface area contributed by atoms with Gasteiger partial charge in [-0.1, -0.05) is 0 Å². The first-order valence-corrected chi connectivity index (χ1v) is 7.51. The molecule has 0 aliphatic carbocycles. The molecule has 0 radical (unpaired) electrons. The Morgan fingerprint density at radius 1 is 1.42 bits per heavy atom. The van der Waals surface area contributed by atoms with Gasteiger partial charge in [-0.3, -0.25) is 4.79 Å². The van der Waals surface area contributed by atoms with Crippen LogP contribution in [-0.4, -0.2) is 65.1 Å². The Morgan fingerprint density at radius 3 is 2.79 bits per heavy atom. The maximum absolute atomic E-state index is 12.4. The van der Waals surface area contributed by atoms with E-state index in [9.17, 15) is 15.0 Å². The fourth-order valence-corrected chi connectivity index (χ4v) is 2.91. The molecule has 2 saturated heterocycles. The smallest absolute Gasteiger partial charge is 0.275 e. The predicted molar refractivity (Wildman–Crippen MR) is 79.5 cm³/mol. The SMILES string of the molecule is COc1ccnc(C(=O)NC2O[C@H](CO)[C@H]3OC(C)(C)O[C@@H]23)c1O. The lowest BCUT2D eigenvalue weighted by Crippen LogP contribution is -2.44. The summed E-state index contributed by atoms with van der Waals surface area (Å²) in [4.78, 5) is 16.3. The second kappa shape index (κ2) is 6.17. The minimum absolute atomic E-state index is 0.134. The zero-order valence-electron chi connectivity index (χ0n) is 13.6. The Kier molecular flexibility index (Phi) is 4.35. The Labute approximate surface area is 138 Å². The van der Waals surface area contributed by atoms with E-state index in [0.29, 0.717) is 0 Å². The summed E-state index contributed by atoms with van der Waals surface area (Å²) in [6.45, 7) is 3.22. The lowest BCUT2D eigenvalue weighted by Gasteiger charge is -2.24. The highest BCUT2D eigenvalue weighted by molar-refractivity contribution is 5.95. The summed E-state index contributed by atoms with van der Waals surface area (Å²) in [5.74, 6) is -1.72. The number of hydrogen-bond donors (Lipinski definition) is 3. The molecule has 9 nitrogen and oxygen atoms in total. The van der Waals surface area contributed by atoms with Gasteiger partial charge in [0.25, 0.3) is 5.91 Å². The third-order valence-corrected chi connectivity index (χ3v) is 3.93. The summed E-state index contributed by atoms with van der Waals surface area (Å²) >= 11 is 0. The van der Waals surface area contributed by atoms with Crippen molar-refractivity contribution < 1.29 is 34.0 Å². The van der Waals surface area contributed by atoms with Crippen LogP contribution in [0.1, 0.15) is 24.3 Å². The molecule has 24 heavy (non-hydrogen) atoms. The van der Waals surface area contributed by atoms with Crippen molar-refractivity contribution in [1.82, 2.24) is 10.3 Å². The lowest BCUT2D eigenvalue weighted by molar-refractivity contribution is -0.192. The van der Waals surface area contributed by atoms with Crippen LogP contribution in [0, 0.1) is 0 Å². The number of rotatable bonds is 4. The van der Waals surface area contributed by atoms with Crippen LogP contribution in [0.25, 0.3) is 0 Å². The van der Waals surface area contributed by atoms with Crippen molar-refractivity contribution in [2.75, 3.05) is 13.7 Å². The first-order valence-electron chi connectivity index (χ1n) is 7.51. The number of carbonyl (C=O) groups is 1. The summed E-state index contributed by atoms with van der Waals surface area (Å²) in [5, 5.41) is 22.0. The molecule has 0 aromatic carbocycles. The van der Waals surface area contributed by atoms with Gasteiger partial charge in [0.15, 0.2) is 29.2 Å². The molecule has 1 unspecified atom stereocenters. The van der Waals surface area contributed by atoms with Crippen LogP contribution in [0.4, 0.5) is 0 Å². The van der Waals surface area contributed by atoms with Crippen molar-refractivity contribution >= 4 is 5.91 Å². The first kappa shape index (κ1) is 16.9. The highest BCUT2D eigenvalue weighted by Crippen LogP contribution is 2.38. The number of pyridine rings is 1. The number of nitrogens with zero attached hydrogens (tertiary/aromatic N) is 1. The van der Waals surface area contributed by atoms with Crippen molar-refractivity contribution in [3.05, 3.63) is 18.0 Å². The van der Waals surface area contributed by atoms with Gasteiger partial charge in [-0.2, -0.15) is 0 Å². The van der Waals surface area contributed by atoms with E-state index in [2.05, 4.69) is 10.3 Å². The fourth-order valence-electron chi connectivity index (χ4n) is 2.91. The van der Waals surface area contributed by atoms with Gasteiger partial charge in [0.05, 0.1) is 13.7 Å². The Hall–Kier alpha value is -1.94. The number of amides is 1. The summed E-state index contributed by atoms with van der Waals surface area (Å²) in [7, 11) is 1.37. The van der Waals surface area contributed by atoms with E-state index in [4.69, 9.17) is 18.9 Å². The van der Waals surface area contributed by atoms with Gasteiger partial charge in [0, 0.05) is 12.3 Å². The van der Waals surface area contributed by atoms with Gasteiger partial charge in [-0.15, -0.1) is 0 Å². The van der Waals surface area contributed by atoms with Crippen molar-refractivity contribution in [3.63, 3.8) is 0 Å². The van der Waals surface area contributed by atoms with E-state index in [1.54, 1.807) is 13.8 Å². The summed E-state index contributed by atoms with van der Waals surface area (Å²) in [5.41, 5.74) is -0.194. The highest BCUT2D eigenvalue weighted by atomic mass is 16.8. The van der Waals surface area contributed by atoms with E-state index in [-0.39, 0.29) is 23.8 Å². The van der Waals surface area contributed by atoms with Crippen LogP contribution >= 0.6 is 0 Å². The number of aromatic nitrogens is 1. The number of aliphatic hydroxyl groups excluding tert-OH is 1. The van der Waals surface area contributed by atoms with Gasteiger partial charge in [0.2, 0.25) is 0 Å². The van der Waals surface area contributed by atoms with E-state index in [1.165, 1.54) is 19.4 Å². The van der Waals surface area contributed by atoms with Gasteiger partial charge in [0.1, 0.15) is 18.3 Å². The molecule has 0 bridgehead atoms. The molecule has 2 aliphatic heterocycles. The van der Waals surface area contributed by atoms with Gasteiger partial charge >= 0.3 is 0 Å². The molecule has 2 aliphatic rings. The van der Waals surface area contributed by atoms with Crippen molar-refractivity contribution in [2.45, 2.75) is 44.2 Å². The molecule has 0 spiro atoms. The third-order valence-electron chi connectivity index (χ3n) is 3.93.